The first kappa shape index (κ1) is 9.59. The lowest BCUT2D eigenvalue weighted by Crippen LogP contribution is -2.45. The minimum atomic E-state index is 0.350. The first-order valence-corrected chi connectivity index (χ1v) is 6.66. The molecule has 15 heavy (non-hydrogen) atoms. The molecule has 0 aliphatic heterocycles. The Bertz CT molecular complexity index is 392. The van der Waals surface area contributed by atoms with E-state index in [1.54, 1.807) is 11.3 Å². The number of thiophene rings is 1. The maximum Gasteiger partial charge on any atom is 0.176 e. The standard InChI is InChI=1S/C13H16OS/c1-9-3-6-15-12(9)11(14)10-7-13(8-10)4-2-5-13/h3,6,10H,2,4-5,7-8H2,1H3. The first-order valence-electron chi connectivity index (χ1n) is 5.79. The second kappa shape index (κ2) is 3.18. The fourth-order valence-corrected chi connectivity index (χ4v) is 4.01. The number of aryl methyl sites for hydroxylation is 1. The summed E-state index contributed by atoms with van der Waals surface area (Å²) in [6.45, 7) is 2.04. The monoisotopic (exact) mass is 220 g/mol. The number of hydrogen-bond donors (Lipinski definition) is 0. The third-order valence-corrected chi connectivity index (χ3v) is 5.26. The molecule has 0 bridgehead atoms. The van der Waals surface area contributed by atoms with E-state index in [0.29, 0.717) is 17.1 Å². The van der Waals surface area contributed by atoms with Crippen molar-refractivity contribution in [3.63, 3.8) is 0 Å². The molecule has 1 aromatic heterocycles. The van der Waals surface area contributed by atoms with E-state index in [0.717, 1.165) is 4.88 Å². The molecule has 1 nitrogen and oxygen atoms in total. The molecule has 0 atom stereocenters. The second-order valence-electron chi connectivity index (χ2n) is 5.26. The van der Waals surface area contributed by atoms with Gasteiger partial charge >= 0.3 is 0 Å². The number of carbonyl (C=O) groups excluding carboxylic acids is 1. The van der Waals surface area contributed by atoms with Gasteiger partial charge in [-0.2, -0.15) is 0 Å². The molecular weight excluding hydrogens is 204 g/mol. The van der Waals surface area contributed by atoms with Crippen molar-refractivity contribution < 1.29 is 4.79 Å². The van der Waals surface area contributed by atoms with Gasteiger partial charge in [0.25, 0.3) is 0 Å². The van der Waals surface area contributed by atoms with Crippen molar-refractivity contribution in [2.24, 2.45) is 11.3 Å². The molecule has 0 radical (unpaired) electrons. The summed E-state index contributed by atoms with van der Waals surface area (Å²) in [5, 5.41) is 2.03. The summed E-state index contributed by atoms with van der Waals surface area (Å²) >= 11 is 1.61. The van der Waals surface area contributed by atoms with Crippen LogP contribution in [-0.2, 0) is 0 Å². The van der Waals surface area contributed by atoms with Gasteiger partial charge in [0, 0.05) is 5.92 Å². The van der Waals surface area contributed by atoms with E-state index in [-0.39, 0.29) is 0 Å². The van der Waals surface area contributed by atoms with Crippen LogP contribution in [0.3, 0.4) is 0 Å². The molecule has 2 aliphatic carbocycles. The van der Waals surface area contributed by atoms with Gasteiger partial charge in [-0.05, 0) is 55.0 Å². The molecule has 2 heteroatoms. The average molecular weight is 220 g/mol. The van der Waals surface area contributed by atoms with Crippen molar-refractivity contribution >= 4 is 17.1 Å². The van der Waals surface area contributed by atoms with Crippen LogP contribution in [0, 0.1) is 18.3 Å². The van der Waals surface area contributed by atoms with Crippen molar-refractivity contribution in [1.29, 1.82) is 0 Å². The van der Waals surface area contributed by atoms with Crippen LogP contribution in [0.4, 0.5) is 0 Å². The van der Waals surface area contributed by atoms with Crippen LogP contribution in [0.5, 0.6) is 0 Å². The lowest BCUT2D eigenvalue weighted by molar-refractivity contribution is -0.0148. The molecule has 1 heterocycles. The number of Topliss-reactive ketones (excluding diaryl/α,β-unsaturated/α-hetero) is 1. The Hall–Kier alpha value is -0.630. The highest BCUT2D eigenvalue weighted by atomic mass is 32.1. The smallest absolute Gasteiger partial charge is 0.176 e. The lowest BCUT2D eigenvalue weighted by atomic mass is 9.51. The molecule has 0 amide bonds. The fraction of sp³-hybridized carbons (Fsp3) is 0.615. The van der Waals surface area contributed by atoms with Crippen LogP contribution in [0.15, 0.2) is 11.4 Å². The lowest BCUT2D eigenvalue weighted by Gasteiger charge is -2.53. The Morgan fingerprint density at radius 3 is 2.67 bits per heavy atom. The van der Waals surface area contributed by atoms with Crippen LogP contribution in [0.1, 0.15) is 47.3 Å². The molecule has 2 aliphatic rings. The van der Waals surface area contributed by atoms with Crippen molar-refractivity contribution in [3.8, 4) is 0 Å². The zero-order valence-electron chi connectivity index (χ0n) is 9.08. The molecule has 1 aromatic rings. The Labute approximate surface area is 94.5 Å². The van der Waals surface area contributed by atoms with Crippen LogP contribution in [0.2, 0.25) is 0 Å². The van der Waals surface area contributed by atoms with Gasteiger partial charge in [-0.1, -0.05) is 6.42 Å². The highest BCUT2D eigenvalue weighted by Crippen LogP contribution is 2.59. The Morgan fingerprint density at radius 2 is 2.20 bits per heavy atom. The highest BCUT2D eigenvalue weighted by molar-refractivity contribution is 7.12. The SMILES string of the molecule is Cc1ccsc1C(=O)C1CC2(CCC2)C1. The summed E-state index contributed by atoms with van der Waals surface area (Å²) in [5.74, 6) is 0.766. The molecule has 1 spiro atoms. The third kappa shape index (κ3) is 1.38. The summed E-state index contributed by atoms with van der Waals surface area (Å²) in [6, 6.07) is 2.05. The highest BCUT2D eigenvalue weighted by Gasteiger charge is 2.50. The van der Waals surface area contributed by atoms with E-state index in [2.05, 4.69) is 6.07 Å². The molecule has 0 N–H and O–H groups in total. The predicted octanol–water partition coefficient (Wildman–Crippen LogP) is 3.82. The molecule has 0 saturated heterocycles. The third-order valence-electron chi connectivity index (χ3n) is 4.23. The van der Waals surface area contributed by atoms with E-state index in [4.69, 9.17) is 0 Å². The molecule has 2 saturated carbocycles. The Balaban J connectivity index is 1.70. The molecule has 0 unspecified atom stereocenters. The van der Waals surface area contributed by atoms with E-state index >= 15 is 0 Å². The summed E-state index contributed by atoms with van der Waals surface area (Å²) in [7, 11) is 0. The van der Waals surface area contributed by atoms with Gasteiger partial charge in [0.05, 0.1) is 4.88 Å². The second-order valence-corrected chi connectivity index (χ2v) is 6.17. The van der Waals surface area contributed by atoms with E-state index in [9.17, 15) is 4.79 Å². The Kier molecular flexibility index (Phi) is 2.03. The largest absolute Gasteiger partial charge is 0.293 e. The molecule has 80 valence electrons. The number of rotatable bonds is 2. The summed E-state index contributed by atoms with van der Waals surface area (Å²) in [5.41, 5.74) is 1.78. The maximum absolute atomic E-state index is 12.1. The molecule has 0 aromatic carbocycles. The molecule has 3 rings (SSSR count). The van der Waals surface area contributed by atoms with Gasteiger partial charge in [0.2, 0.25) is 0 Å². The first-order chi connectivity index (χ1) is 7.20. The van der Waals surface area contributed by atoms with Gasteiger partial charge in [-0.3, -0.25) is 4.79 Å². The van der Waals surface area contributed by atoms with E-state index in [1.165, 1.54) is 37.7 Å². The minimum absolute atomic E-state index is 0.350. The number of ketones is 1. The fourth-order valence-electron chi connectivity index (χ4n) is 3.07. The van der Waals surface area contributed by atoms with Crippen molar-refractivity contribution in [2.75, 3.05) is 0 Å². The van der Waals surface area contributed by atoms with Gasteiger partial charge in [-0.15, -0.1) is 11.3 Å². The van der Waals surface area contributed by atoms with Crippen LogP contribution < -0.4 is 0 Å². The summed E-state index contributed by atoms with van der Waals surface area (Å²) in [4.78, 5) is 13.2. The van der Waals surface area contributed by atoms with Crippen LogP contribution in [0.25, 0.3) is 0 Å². The Morgan fingerprint density at radius 1 is 1.47 bits per heavy atom. The predicted molar refractivity (Wildman–Crippen MR) is 62.4 cm³/mol. The molecule has 2 fully saturated rings. The topological polar surface area (TPSA) is 17.1 Å². The summed E-state index contributed by atoms with van der Waals surface area (Å²) < 4.78 is 0. The normalized spacial score (nSPS) is 23.5. The quantitative estimate of drug-likeness (QED) is 0.692. The molecular formula is C13H16OS. The average Bonchev–Trinajstić information content (AvgIpc) is 2.45. The zero-order chi connectivity index (χ0) is 10.5. The number of carbonyl (C=O) groups is 1. The van der Waals surface area contributed by atoms with Gasteiger partial charge in [0.1, 0.15) is 0 Å². The van der Waals surface area contributed by atoms with Crippen LogP contribution in [-0.4, -0.2) is 5.78 Å². The van der Waals surface area contributed by atoms with Gasteiger partial charge < -0.3 is 0 Å². The van der Waals surface area contributed by atoms with Crippen molar-refractivity contribution in [2.45, 2.75) is 39.0 Å². The number of hydrogen-bond acceptors (Lipinski definition) is 2. The van der Waals surface area contributed by atoms with Crippen molar-refractivity contribution in [1.82, 2.24) is 0 Å². The summed E-state index contributed by atoms with van der Waals surface area (Å²) in [6.07, 6.45) is 6.48. The van der Waals surface area contributed by atoms with Crippen molar-refractivity contribution in [3.05, 3.63) is 21.9 Å². The zero-order valence-corrected chi connectivity index (χ0v) is 9.90. The minimum Gasteiger partial charge on any atom is -0.293 e. The maximum atomic E-state index is 12.1. The van der Waals surface area contributed by atoms with E-state index < -0.39 is 0 Å². The van der Waals surface area contributed by atoms with Crippen LogP contribution >= 0.6 is 11.3 Å². The van der Waals surface area contributed by atoms with Gasteiger partial charge in [0.15, 0.2) is 5.78 Å². The van der Waals surface area contributed by atoms with Gasteiger partial charge in [-0.25, -0.2) is 0 Å². The van der Waals surface area contributed by atoms with E-state index in [1.807, 2.05) is 12.3 Å².